The lowest BCUT2D eigenvalue weighted by molar-refractivity contribution is 0.0798. The molecule has 26 heavy (non-hydrogen) atoms. The van der Waals surface area contributed by atoms with Gasteiger partial charge in [0.2, 0.25) is 20.0 Å². The molecule has 0 fully saturated rings. The lowest BCUT2D eigenvalue weighted by Gasteiger charge is -2.29. The predicted octanol–water partition coefficient (Wildman–Crippen LogP) is 0.795. The summed E-state index contributed by atoms with van der Waals surface area (Å²) in [4.78, 5) is -0.429. The Kier molecular flexibility index (Phi) is 4.93. The molecule has 0 saturated heterocycles. The van der Waals surface area contributed by atoms with Crippen molar-refractivity contribution >= 4 is 20.0 Å². The molecule has 140 valence electrons. The summed E-state index contributed by atoms with van der Waals surface area (Å²) in [6.07, 6.45) is -0.494. The highest BCUT2D eigenvalue weighted by atomic mass is 32.2. The molecule has 0 aromatic heterocycles. The zero-order chi connectivity index (χ0) is 18.9. The van der Waals surface area contributed by atoms with Crippen molar-refractivity contribution < 1.29 is 26.3 Å². The van der Waals surface area contributed by atoms with E-state index in [4.69, 9.17) is 14.6 Å². The molecule has 1 aliphatic heterocycles. The number of hydrogen-bond donors (Lipinski definition) is 1. The molecule has 2 aromatic rings. The number of rotatable bonds is 5. The number of likely N-dealkylation sites (N-methyl/N-ethyl adjacent to an activating group) is 1. The summed E-state index contributed by atoms with van der Waals surface area (Å²) in [6, 6.07) is 12.0. The van der Waals surface area contributed by atoms with Gasteiger partial charge in [-0.3, -0.25) is 0 Å². The SMILES string of the molecule is CN(C[C@H]1COc2ccccc2O1)S(=O)(=O)c1cccc(S(N)(=O)=O)c1. The van der Waals surface area contributed by atoms with Gasteiger partial charge in [0.1, 0.15) is 12.7 Å². The van der Waals surface area contributed by atoms with Crippen LogP contribution >= 0.6 is 0 Å². The van der Waals surface area contributed by atoms with Crippen molar-refractivity contribution in [1.29, 1.82) is 0 Å². The van der Waals surface area contributed by atoms with Crippen LogP contribution < -0.4 is 14.6 Å². The van der Waals surface area contributed by atoms with E-state index in [0.29, 0.717) is 11.5 Å². The van der Waals surface area contributed by atoms with Gasteiger partial charge >= 0.3 is 0 Å². The number of fused-ring (bicyclic) bond motifs is 1. The van der Waals surface area contributed by atoms with Crippen LogP contribution in [-0.4, -0.2) is 47.4 Å². The standard InChI is InChI=1S/C16H18N2O6S2/c1-18(10-12-11-23-15-7-2-3-8-16(15)24-12)26(21,22)14-6-4-5-13(9-14)25(17,19)20/h2-9,12H,10-11H2,1H3,(H2,17,19,20)/t12-/m0/s1. The minimum atomic E-state index is -4.00. The molecule has 1 heterocycles. The maximum atomic E-state index is 12.7. The second-order valence-corrected chi connectivity index (χ2v) is 9.41. The number of nitrogens with two attached hydrogens (primary N) is 1. The van der Waals surface area contributed by atoms with Crippen LogP contribution in [0.3, 0.4) is 0 Å². The summed E-state index contributed by atoms with van der Waals surface area (Å²) in [5.74, 6) is 1.15. The number of hydrogen-bond acceptors (Lipinski definition) is 6. The molecule has 0 saturated carbocycles. The average Bonchev–Trinajstić information content (AvgIpc) is 2.61. The molecular weight excluding hydrogens is 380 g/mol. The first-order chi connectivity index (χ1) is 12.2. The summed E-state index contributed by atoms with van der Waals surface area (Å²) < 4.78 is 60.8. The summed E-state index contributed by atoms with van der Waals surface area (Å²) in [6.45, 7) is 0.240. The minimum absolute atomic E-state index is 0.0380. The van der Waals surface area contributed by atoms with E-state index in [0.717, 1.165) is 10.4 Å². The molecule has 0 radical (unpaired) electrons. The smallest absolute Gasteiger partial charge is 0.242 e. The number of nitrogens with zero attached hydrogens (tertiary/aromatic N) is 1. The Morgan fingerprint density at radius 2 is 1.69 bits per heavy atom. The van der Waals surface area contributed by atoms with E-state index in [9.17, 15) is 16.8 Å². The van der Waals surface area contributed by atoms with Crippen LogP contribution in [0.15, 0.2) is 58.3 Å². The second kappa shape index (κ2) is 6.88. The number of ether oxygens (including phenoxy) is 2. The van der Waals surface area contributed by atoms with E-state index in [-0.39, 0.29) is 22.9 Å². The number of sulfonamides is 2. The lowest BCUT2D eigenvalue weighted by Crippen LogP contribution is -2.41. The normalized spacial score (nSPS) is 17.3. The Bertz CT molecular complexity index is 1020. The van der Waals surface area contributed by atoms with Crippen LogP contribution in [0, 0.1) is 0 Å². The van der Waals surface area contributed by atoms with Crippen molar-refractivity contribution in [2.75, 3.05) is 20.2 Å². The molecule has 2 aromatic carbocycles. The van der Waals surface area contributed by atoms with Crippen molar-refractivity contribution in [3.63, 3.8) is 0 Å². The van der Waals surface area contributed by atoms with Crippen molar-refractivity contribution in [3.8, 4) is 11.5 Å². The maximum Gasteiger partial charge on any atom is 0.242 e. The second-order valence-electron chi connectivity index (χ2n) is 5.80. The van der Waals surface area contributed by atoms with Crippen LogP contribution in [-0.2, 0) is 20.0 Å². The molecule has 2 N–H and O–H groups in total. The number of benzene rings is 2. The average molecular weight is 398 g/mol. The van der Waals surface area contributed by atoms with Gasteiger partial charge in [0.25, 0.3) is 0 Å². The van der Waals surface area contributed by atoms with Crippen LogP contribution in [0.5, 0.6) is 11.5 Å². The third-order valence-corrected chi connectivity index (χ3v) is 6.60. The van der Waals surface area contributed by atoms with Gasteiger partial charge in [0, 0.05) is 7.05 Å². The fourth-order valence-corrected chi connectivity index (χ4v) is 4.41. The zero-order valence-electron chi connectivity index (χ0n) is 13.9. The van der Waals surface area contributed by atoms with Gasteiger partial charge in [-0.1, -0.05) is 18.2 Å². The fraction of sp³-hybridized carbons (Fsp3) is 0.250. The minimum Gasteiger partial charge on any atom is -0.486 e. The molecule has 3 rings (SSSR count). The van der Waals surface area contributed by atoms with Crippen LogP contribution in [0.4, 0.5) is 0 Å². The molecule has 0 spiro atoms. The van der Waals surface area contributed by atoms with E-state index in [1.165, 1.54) is 25.2 Å². The molecule has 10 heteroatoms. The summed E-state index contributed by atoms with van der Waals surface area (Å²) >= 11 is 0. The Labute approximate surface area is 152 Å². The van der Waals surface area contributed by atoms with Crippen LogP contribution in [0.2, 0.25) is 0 Å². The van der Waals surface area contributed by atoms with Crippen molar-refractivity contribution in [2.24, 2.45) is 5.14 Å². The molecule has 1 aliphatic rings. The first-order valence-electron chi connectivity index (χ1n) is 7.65. The third kappa shape index (κ3) is 3.83. The number of primary sulfonamides is 1. The number of para-hydroxylation sites is 2. The lowest BCUT2D eigenvalue weighted by atomic mass is 10.2. The topological polar surface area (TPSA) is 116 Å². The van der Waals surface area contributed by atoms with E-state index in [1.54, 1.807) is 18.2 Å². The summed E-state index contributed by atoms with van der Waals surface area (Å²) in [5, 5.41) is 5.07. The largest absolute Gasteiger partial charge is 0.486 e. The molecule has 8 nitrogen and oxygen atoms in total. The van der Waals surface area contributed by atoms with Crippen molar-refractivity contribution in [2.45, 2.75) is 15.9 Å². The summed E-state index contributed by atoms with van der Waals surface area (Å²) in [5.41, 5.74) is 0. The molecule has 0 unspecified atom stereocenters. The molecular formula is C16H18N2O6S2. The highest BCUT2D eigenvalue weighted by Crippen LogP contribution is 2.31. The van der Waals surface area contributed by atoms with Gasteiger partial charge in [-0.15, -0.1) is 0 Å². The van der Waals surface area contributed by atoms with E-state index in [2.05, 4.69) is 0 Å². The molecule has 1 atom stereocenters. The third-order valence-electron chi connectivity index (χ3n) is 3.87. The monoisotopic (exact) mass is 398 g/mol. The summed E-state index contributed by atoms with van der Waals surface area (Å²) in [7, 11) is -6.53. The maximum absolute atomic E-state index is 12.7. The first kappa shape index (κ1) is 18.6. The quantitative estimate of drug-likeness (QED) is 0.796. The van der Waals surface area contributed by atoms with Crippen molar-refractivity contribution in [3.05, 3.63) is 48.5 Å². The van der Waals surface area contributed by atoms with E-state index >= 15 is 0 Å². The van der Waals surface area contributed by atoms with Crippen LogP contribution in [0.25, 0.3) is 0 Å². The fourth-order valence-electron chi connectivity index (χ4n) is 2.53. The van der Waals surface area contributed by atoms with Gasteiger partial charge in [-0.05, 0) is 30.3 Å². The van der Waals surface area contributed by atoms with Gasteiger partial charge in [-0.2, -0.15) is 4.31 Å². The molecule has 0 bridgehead atoms. The molecule has 0 amide bonds. The zero-order valence-corrected chi connectivity index (χ0v) is 15.5. The van der Waals surface area contributed by atoms with E-state index in [1.807, 2.05) is 6.07 Å². The Hall–Kier alpha value is -2.14. The van der Waals surface area contributed by atoms with Crippen LogP contribution in [0.1, 0.15) is 0 Å². The predicted molar refractivity (Wildman–Crippen MR) is 94.0 cm³/mol. The molecule has 0 aliphatic carbocycles. The van der Waals surface area contributed by atoms with Gasteiger partial charge < -0.3 is 9.47 Å². The van der Waals surface area contributed by atoms with Gasteiger partial charge in [0.05, 0.1) is 16.3 Å². The van der Waals surface area contributed by atoms with Gasteiger partial charge in [0.15, 0.2) is 11.5 Å². The van der Waals surface area contributed by atoms with E-state index < -0.39 is 26.2 Å². The Morgan fingerprint density at radius 1 is 1.04 bits per heavy atom. The highest BCUT2D eigenvalue weighted by molar-refractivity contribution is 7.90. The van der Waals surface area contributed by atoms with Gasteiger partial charge in [-0.25, -0.2) is 22.0 Å². The Balaban J connectivity index is 1.78. The van der Waals surface area contributed by atoms with Crippen molar-refractivity contribution in [1.82, 2.24) is 4.31 Å². The first-order valence-corrected chi connectivity index (χ1v) is 10.6. The highest BCUT2D eigenvalue weighted by Gasteiger charge is 2.28. The Morgan fingerprint density at radius 3 is 2.38 bits per heavy atom.